The molecule has 2 aromatic rings. The van der Waals surface area contributed by atoms with Gasteiger partial charge in [-0.2, -0.15) is 0 Å². The van der Waals surface area contributed by atoms with Gasteiger partial charge in [0, 0.05) is 5.69 Å². The number of anilines is 1. The first-order chi connectivity index (χ1) is 14.0. The lowest BCUT2D eigenvalue weighted by Crippen LogP contribution is -2.20. The summed E-state index contributed by atoms with van der Waals surface area (Å²) in [5.41, 5.74) is 1.22. The molecule has 0 saturated carbocycles. The Hall–Kier alpha value is -3.55. The quantitative estimate of drug-likeness (QED) is 0.645. The van der Waals surface area contributed by atoms with Crippen LogP contribution in [0, 0.1) is 0 Å². The molecule has 0 bridgehead atoms. The smallest absolute Gasteiger partial charge is 0.338 e. The van der Waals surface area contributed by atoms with Gasteiger partial charge < -0.3 is 24.3 Å². The van der Waals surface area contributed by atoms with Gasteiger partial charge in [-0.05, 0) is 48.9 Å². The van der Waals surface area contributed by atoms with Crippen molar-refractivity contribution in [2.24, 2.45) is 0 Å². The third kappa shape index (κ3) is 6.24. The van der Waals surface area contributed by atoms with Crippen LogP contribution >= 0.6 is 0 Å². The predicted octanol–water partition coefficient (Wildman–Crippen LogP) is 3.07. The van der Waals surface area contributed by atoms with Crippen LogP contribution in [0.15, 0.2) is 42.5 Å². The van der Waals surface area contributed by atoms with Gasteiger partial charge in [0.1, 0.15) is 0 Å². The van der Waals surface area contributed by atoms with E-state index in [1.807, 2.05) is 6.92 Å². The SMILES string of the molecule is CCCOC(=O)c1ccc(NC(=O)COc2ccc(C(=O)OC)cc2OC)cc1. The van der Waals surface area contributed by atoms with E-state index in [0.717, 1.165) is 6.42 Å². The van der Waals surface area contributed by atoms with E-state index in [0.29, 0.717) is 34.9 Å². The fourth-order valence-corrected chi connectivity index (χ4v) is 2.34. The van der Waals surface area contributed by atoms with Gasteiger partial charge in [-0.15, -0.1) is 0 Å². The fourth-order valence-electron chi connectivity index (χ4n) is 2.34. The van der Waals surface area contributed by atoms with Crippen molar-refractivity contribution < 1.29 is 33.3 Å². The number of hydrogen-bond donors (Lipinski definition) is 1. The summed E-state index contributed by atoms with van der Waals surface area (Å²) in [5.74, 6) is -0.699. The highest BCUT2D eigenvalue weighted by atomic mass is 16.5. The molecule has 0 radical (unpaired) electrons. The molecule has 0 atom stereocenters. The second-order valence-electron chi connectivity index (χ2n) is 5.91. The van der Waals surface area contributed by atoms with E-state index in [-0.39, 0.29) is 6.61 Å². The normalized spacial score (nSPS) is 10.0. The summed E-state index contributed by atoms with van der Waals surface area (Å²) >= 11 is 0. The third-order valence-electron chi connectivity index (χ3n) is 3.79. The zero-order valence-corrected chi connectivity index (χ0v) is 16.5. The molecular formula is C21H23NO7. The number of carbonyl (C=O) groups excluding carboxylic acids is 3. The van der Waals surface area contributed by atoms with E-state index in [9.17, 15) is 14.4 Å². The van der Waals surface area contributed by atoms with Crippen LogP contribution in [0.5, 0.6) is 11.5 Å². The highest BCUT2D eigenvalue weighted by Gasteiger charge is 2.13. The second-order valence-corrected chi connectivity index (χ2v) is 5.91. The van der Waals surface area contributed by atoms with Crippen molar-refractivity contribution in [3.63, 3.8) is 0 Å². The molecule has 1 N–H and O–H groups in total. The van der Waals surface area contributed by atoms with Gasteiger partial charge in [0.05, 0.1) is 32.0 Å². The average Bonchev–Trinajstić information content (AvgIpc) is 2.75. The lowest BCUT2D eigenvalue weighted by atomic mass is 10.2. The van der Waals surface area contributed by atoms with Gasteiger partial charge in [-0.25, -0.2) is 9.59 Å². The molecule has 0 saturated heterocycles. The Balaban J connectivity index is 1.93. The van der Waals surface area contributed by atoms with Crippen LogP contribution < -0.4 is 14.8 Å². The van der Waals surface area contributed by atoms with Gasteiger partial charge in [-0.1, -0.05) is 6.92 Å². The Bertz CT molecular complexity index is 862. The molecule has 0 spiro atoms. The lowest BCUT2D eigenvalue weighted by Gasteiger charge is -2.12. The summed E-state index contributed by atoms with van der Waals surface area (Å²) in [6, 6.07) is 10.9. The molecular weight excluding hydrogens is 378 g/mol. The van der Waals surface area contributed by atoms with Gasteiger partial charge in [-0.3, -0.25) is 4.79 Å². The van der Waals surface area contributed by atoms with Crippen molar-refractivity contribution in [1.82, 2.24) is 0 Å². The Morgan fingerprint density at radius 1 is 0.897 bits per heavy atom. The van der Waals surface area contributed by atoms with Crippen molar-refractivity contribution in [3.8, 4) is 11.5 Å². The molecule has 8 nitrogen and oxygen atoms in total. The molecule has 0 heterocycles. The number of ether oxygens (including phenoxy) is 4. The summed E-state index contributed by atoms with van der Waals surface area (Å²) in [6.45, 7) is 2.00. The van der Waals surface area contributed by atoms with E-state index in [1.54, 1.807) is 24.3 Å². The zero-order chi connectivity index (χ0) is 21.2. The summed E-state index contributed by atoms with van der Waals surface area (Å²) in [7, 11) is 2.71. The Labute approximate surface area is 168 Å². The number of esters is 2. The minimum Gasteiger partial charge on any atom is -0.493 e. The van der Waals surface area contributed by atoms with Crippen LogP contribution in [0.3, 0.4) is 0 Å². The predicted molar refractivity (Wildman–Crippen MR) is 105 cm³/mol. The number of amides is 1. The minimum absolute atomic E-state index is 0.270. The van der Waals surface area contributed by atoms with Crippen molar-refractivity contribution in [1.29, 1.82) is 0 Å². The summed E-state index contributed by atoms with van der Waals surface area (Å²) in [6.07, 6.45) is 0.746. The van der Waals surface area contributed by atoms with Crippen LogP contribution in [-0.4, -0.2) is 45.3 Å². The average molecular weight is 401 g/mol. The summed E-state index contributed by atoms with van der Waals surface area (Å²) < 4.78 is 20.4. The van der Waals surface area contributed by atoms with E-state index >= 15 is 0 Å². The Morgan fingerprint density at radius 2 is 1.59 bits per heavy atom. The minimum atomic E-state index is -0.505. The zero-order valence-electron chi connectivity index (χ0n) is 16.5. The molecule has 0 fully saturated rings. The van der Waals surface area contributed by atoms with Crippen molar-refractivity contribution in [2.75, 3.05) is 32.8 Å². The number of hydrogen-bond acceptors (Lipinski definition) is 7. The van der Waals surface area contributed by atoms with Crippen molar-refractivity contribution in [3.05, 3.63) is 53.6 Å². The monoisotopic (exact) mass is 401 g/mol. The van der Waals surface area contributed by atoms with E-state index in [2.05, 4.69) is 10.1 Å². The lowest BCUT2D eigenvalue weighted by molar-refractivity contribution is -0.118. The highest BCUT2D eigenvalue weighted by molar-refractivity contribution is 5.94. The Morgan fingerprint density at radius 3 is 2.21 bits per heavy atom. The van der Waals surface area contributed by atoms with Crippen LogP contribution in [0.2, 0.25) is 0 Å². The van der Waals surface area contributed by atoms with Crippen LogP contribution in [0.4, 0.5) is 5.69 Å². The number of benzene rings is 2. The molecule has 1 amide bonds. The number of methoxy groups -OCH3 is 2. The first-order valence-electron chi connectivity index (χ1n) is 8.94. The first kappa shape index (κ1) is 21.7. The summed E-state index contributed by atoms with van der Waals surface area (Å²) in [4.78, 5) is 35.5. The number of rotatable bonds is 9. The van der Waals surface area contributed by atoms with Gasteiger partial charge in [0.15, 0.2) is 18.1 Å². The van der Waals surface area contributed by atoms with Crippen LogP contribution in [-0.2, 0) is 14.3 Å². The number of carbonyl (C=O) groups is 3. The first-order valence-corrected chi connectivity index (χ1v) is 8.94. The van der Waals surface area contributed by atoms with Crippen LogP contribution in [0.25, 0.3) is 0 Å². The maximum atomic E-state index is 12.1. The highest BCUT2D eigenvalue weighted by Crippen LogP contribution is 2.28. The Kier molecular flexibility index (Phi) is 8.02. The molecule has 0 aliphatic carbocycles. The number of nitrogens with one attached hydrogen (secondary N) is 1. The third-order valence-corrected chi connectivity index (χ3v) is 3.79. The molecule has 0 aliphatic heterocycles. The maximum Gasteiger partial charge on any atom is 0.338 e. The van der Waals surface area contributed by atoms with Gasteiger partial charge >= 0.3 is 11.9 Å². The molecule has 2 aromatic carbocycles. The largest absolute Gasteiger partial charge is 0.493 e. The van der Waals surface area contributed by atoms with E-state index in [1.165, 1.54) is 32.4 Å². The second kappa shape index (κ2) is 10.7. The molecule has 0 unspecified atom stereocenters. The molecule has 154 valence electrons. The molecule has 8 heteroatoms. The van der Waals surface area contributed by atoms with Gasteiger partial charge in [0.25, 0.3) is 5.91 Å². The topological polar surface area (TPSA) is 100 Å². The molecule has 0 aliphatic rings. The molecule has 2 rings (SSSR count). The van der Waals surface area contributed by atoms with E-state index in [4.69, 9.17) is 14.2 Å². The van der Waals surface area contributed by atoms with Gasteiger partial charge in [0.2, 0.25) is 0 Å². The summed E-state index contributed by atoms with van der Waals surface area (Å²) in [5, 5.41) is 2.67. The molecule has 29 heavy (non-hydrogen) atoms. The standard InChI is InChI=1S/C21H23NO7/c1-4-11-28-21(25)14-5-8-16(9-6-14)22-19(23)13-29-17-10-7-15(20(24)27-3)12-18(17)26-2/h5-10,12H,4,11,13H2,1-3H3,(H,22,23). The van der Waals surface area contributed by atoms with Crippen molar-refractivity contribution in [2.45, 2.75) is 13.3 Å². The van der Waals surface area contributed by atoms with E-state index < -0.39 is 17.8 Å². The molecule has 0 aromatic heterocycles. The maximum absolute atomic E-state index is 12.1. The van der Waals surface area contributed by atoms with Crippen LogP contribution in [0.1, 0.15) is 34.1 Å². The van der Waals surface area contributed by atoms with Crippen molar-refractivity contribution >= 4 is 23.5 Å². The fraction of sp³-hybridized carbons (Fsp3) is 0.286.